The molecule has 0 spiro atoms. The summed E-state index contributed by atoms with van der Waals surface area (Å²) in [5.41, 5.74) is 0.602. The van der Waals surface area contributed by atoms with Crippen molar-refractivity contribution in [3.63, 3.8) is 0 Å². The third-order valence-electron chi connectivity index (χ3n) is 3.21. The molecule has 2 rings (SSSR count). The van der Waals surface area contributed by atoms with Crippen molar-refractivity contribution < 1.29 is 32.2 Å². The third-order valence-corrected chi connectivity index (χ3v) is 3.49. The Hall–Kier alpha value is -2.61. The number of hydrogen-bond donors (Lipinski definition) is 1. The fourth-order valence-electron chi connectivity index (χ4n) is 2.05. The van der Waals surface area contributed by atoms with Crippen molar-refractivity contribution in [3.05, 3.63) is 47.0 Å². The first-order valence-electron chi connectivity index (χ1n) is 7.26. The van der Waals surface area contributed by atoms with Gasteiger partial charge < -0.3 is 19.5 Å². The minimum Gasteiger partial charge on any atom is -0.493 e. The van der Waals surface area contributed by atoms with E-state index in [1.165, 1.54) is 50.6 Å². The van der Waals surface area contributed by atoms with E-state index in [0.717, 1.165) is 0 Å². The average Bonchev–Trinajstić information content (AvgIpc) is 2.59. The molecule has 0 saturated heterocycles. The van der Waals surface area contributed by atoms with Crippen LogP contribution in [-0.4, -0.2) is 32.9 Å². The summed E-state index contributed by atoms with van der Waals surface area (Å²) in [7, 11) is 2.83. The van der Waals surface area contributed by atoms with Crippen molar-refractivity contribution in [1.82, 2.24) is 0 Å². The summed E-state index contributed by atoms with van der Waals surface area (Å²) < 4.78 is 51.2. The van der Waals surface area contributed by atoms with Gasteiger partial charge in [0.2, 0.25) is 0 Å². The van der Waals surface area contributed by atoms with E-state index in [2.05, 4.69) is 10.1 Å². The topological polar surface area (TPSA) is 56.8 Å². The lowest BCUT2D eigenvalue weighted by molar-refractivity contribution is -0.153. The second-order valence-electron chi connectivity index (χ2n) is 5.08. The number of amides is 1. The molecule has 0 unspecified atom stereocenters. The molecule has 26 heavy (non-hydrogen) atoms. The first-order chi connectivity index (χ1) is 12.2. The number of alkyl halides is 3. The van der Waals surface area contributed by atoms with Gasteiger partial charge in [-0.15, -0.1) is 0 Å². The number of ether oxygens (including phenoxy) is 3. The molecule has 140 valence electrons. The third kappa shape index (κ3) is 5.19. The van der Waals surface area contributed by atoms with Crippen LogP contribution in [0.15, 0.2) is 36.4 Å². The summed E-state index contributed by atoms with van der Waals surface area (Å²) in [4.78, 5) is 12.3. The molecule has 0 aliphatic heterocycles. The molecule has 1 amide bonds. The zero-order valence-electron chi connectivity index (χ0n) is 13.8. The Morgan fingerprint density at radius 1 is 1.12 bits per heavy atom. The van der Waals surface area contributed by atoms with Crippen molar-refractivity contribution in [2.24, 2.45) is 0 Å². The molecule has 2 aromatic carbocycles. The van der Waals surface area contributed by atoms with Crippen LogP contribution >= 0.6 is 11.6 Å². The first kappa shape index (κ1) is 19.7. The van der Waals surface area contributed by atoms with Crippen LogP contribution < -0.4 is 19.5 Å². The maximum absolute atomic E-state index is 12.3. The number of hydrogen-bond acceptors (Lipinski definition) is 4. The molecule has 2 aromatic rings. The molecule has 0 aromatic heterocycles. The second-order valence-corrected chi connectivity index (χ2v) is 5.48. The number of methoxy groups -OCH3 is 2. The van der Waals surface area contributed by atoms with E-state index in [9.17, 15) is 18.0 Å². The van der Waals surface area contributed by atoms with Crippen molar-refractivity contribution in [2.45, 2.75) is 6.18 Å². The molecule has 0 fully saturated rings. The smallest absolute Gasteiger partial charge is 0.422 e. The zero-order chi connectivity index (χ0) is 19.3. The average molecular weight is 390 g/mol. The van der Waals surface area contributed by atoms with Crippen molar-refractivity contribution in [2.75, 3.05) is 26.1 Å². The van der Waals surface area contributed by atoms with Crippen LogP contribution in [0.1, 0.15) is 10.4 Å². The number of nitrogens with one attached hydrogen (secondary N) is 1. The molecular weight excluding hydrogens is 375 g/mol. The molecule has 5 nitrogen and oxygen atoms in total. The molecule has 0 saturated carbocycles. The summed E-state index contributed by atoms with van der Waals surface area (Å²) in [5, 5.41) is 2.80. The summed E-state index contributed by atoms with van der Waals surface area (Å²) in [6.45, 7) is -1.39. The monoisotopic (exact) mass is 389 g/mol. The largest absolute Gasteiger partial charge is 0.493 e. The van der Waals surface area contributed by atoms with Gasteiger partial charge in [0.1, 0.15) is 5.75 Å². The highest BCUT2D eigenvalue weighted by Crippen LogP contribution is 2.36. The van der Waals surface area contributed by atoms with Crippen molar-refractivity contribution in [3.8, 4) is 17.2 Å². The highest BCUT2D eigenvalue weighted by atomic mass is 35.5. The molecule has 0 heterocycles. The Labute approximate surface area is 152 Å². The lowest BCUT2D eigenvalue weighted by atomic mass is 10.1. The predicted molar refractivity (Wildman–Crippen MR) is 90.5 cm³/mol. The van der Waals surface area contributed by atoms with Crippen LogP contribution in [0.5, 0.6) is 17.2 Å². The number of rotatable bonds is 6. The lowest BCUT2D eigenvalue weighted by Gasteiger charge is -2.12. The van der Waals surface area contributed by atoms with E-state index in [4.69, 9.17) is 21.1 Å². The van der Waals surface area contributed by atoms with Crippen LogP contribution in [-0.2, 0) is 0 Å². The van der Waals surface area contributed by atoms with Gasteiger partial charge in [-0.05, 0) is 36.4 Å². The van der Waals surface area contributed by atoms with Gasteiger partial charge in [-0.1, -0.05) is 11.6 Å². The highest BCUT2D eigenvalue weighted by Gasteiger charge is 2.28. The number of benzene rings is 2. The Kier molecular flexibility index (Phi) is 6.20. The van der Waals surface area contributed by atoms with Gasteiger partial charge in [-0.2, -0.15) is 13.2 Å². The van der Waals surface area contributed by atoms with Crippen molar-refractivity contribution in [1.29, 1.82) is 0 Å². The van der Waals surface area contributed by atoms with Gasteiger partial charge in [-0.25, -0.2) is 0 Å². The standard InChI is InChI=1S/C17H15ClF3NO4/c1-24-14-8-10(7-13(18)15(14)25-2)16(23)22-11-3-5-12(6-4-11)26-9-17(19,20)21/h3-8H,9H2,1-2H3,(H,22,23). The van der Waals surface area contributed by atoms with Crippen LogP contribution in [0, 0.1) is 0 Å². The van der Waals surface area contributed by atoms with Gasteiger partial charge in [0.05, 0.1) is 19.2 Å². The van der Waals surface area contributed by atoms with E-state index in [-0.39, 0.29) is 16.3 Å². The predicted octanol–water partition coefficient (Wildman–Crippen LogP) is 4.55. The molecule has 1 N–H and O–H groups in total. The molecular formula is C17H15ClF3NO4. The Bertz CT molecular complexity index is 779. The second kappa shape index (κ2) is 8.18. The van der Waals surface area contributed by atoms with Gasteiger partial charge in [0, 0.05) is 11.3 Å². The van der Waals surface area contributed by atoms with E-state index in [0.29, 0.717) is 17.2 Å². The van der Waals surface area contributed by atoms with Gasteiger partial charge in [-0.3, -0.25) is 4.79 Å². The maximum atomic E-state index is 12.3. The normalized spacial score (nSPS) is 11.0. The number of carbonyl (C=O) groups excluding carboxylic acids is 1. The molecule has 0 aliphatic rings. The first-order valence-corrected chi connectivity index (χ1v) is 7.64. The minimum absolute atomic E-state index is 0.0366. The summed E-state index contributed by atoms with van der Waals surface area (Å²) in [5.74, 6) is 0.157. The Balaban J connectivity index is 2.09. The van der Waals surface area contributed by atoms with Crippen LogP contribution in [0.3, 0.4) is 0 Å². The fourth-order valence-corrected chi connectivity index (χ4v) is 2.34. The highest BCUT2D eigenvalue weighted by molar-refractivity contribution is 6.32. The summed E-state index contributed by atoms with van der Waals surface area (Å²) in [6.07, 6.45) is -4.42. The van der Waals surface area contributed by atoms with E-state index in [1.54, 1.807) is 0 Å². The van der Waals surface area contributed by atoms with Crippen LogP contribution in [0.4, 0.5) is 18.9 Å². The molecule has 0 bridgehead atoms. The van der Waals surface area contributed by atoms with Crippen molar-refractivity contribution >= 4 is 23.2 Å². The van der Waals surface area contributed by atoms with Crippen LogP contribution in [0.25, 0.3) is 0 Å². The quantitative estimate of drug-likeness (QED) is 0.787. The van der Waals surface area contributed by atoms with Crippen LogP contribution in [0.2, 0.25) is 5.02 Å². The molecule has 9 heteroatoms. The molecule has 0 radical (unpaired) electrons. The summed E-state index contributed by atoms with van der Waals surface area (Å²) >= 11 is 6.06. The number of carbonyl (C=O) groups is 1. The minimum atomic E-state index is -4.42. The maximum Gasteiger partial charge on any atom is 0.422 e. The number of halogens is 4. The zero-order valence-corrected chi connectivity index (χ0v) is 14.6. The fraction of sp³-hybridized carbons (Fsp3) is 0.235. The van der Waals surface area contributed by atoms with Gasteiger partial charge >= 0.3 is 6.18 Å². The Morgan fingerprint density at radius 3 is 2.31 bits per heavy atom. The SMILES string of the molecule is COc1cc(C(=O)Nc2ccc(OCC(F)(F)F)cc2)cc(Cl)c1OC. The van der Waals surface area contributed by atoms with E-state index >= 15 is 0 Å². The number of anilines is 1. The van der Waals surface area contributed by atoms with Gasteiger partial charge in [0.15, 0.2) is 18.1 Å². The lowest BCUT2D eigenvalue weighted by Crippen LogP contribution is -2.19. The summed E-state index contributed by atoms with van der Waals surface area (Å²) in [6, 6.07) is 8.36. The molecule has 0 aliphatic carbocycles. The Morgan fingerprint density at radius 2 is 1.77 bits per heavy atom. The van der Waals surface area contributed by atoms with E-state index in [1.807, 2.05) is 0 Å². The van der Waals surface area contributed by atoms with Gasteiger partial charge in [0.25, 0.3) is 5.91 Å². The molecule has 0 atom stereocenters. The van der Waals surface area contributed by atoms with E-state index < -0.39 is 18.7 Å².